The molecule has 0 fully saturated rings. The van der Waals surface area contributed by atoms with Crippen molar-refractivity contribution >= 4 is 28.9 Å². The van der Waals surface area contributed by atoms with E-state index in [-0.39, 0.29) is 5.41 Å². The van der Waals surface area contributed by atoms with Crippen molar-refractivity contribution in [3.05, 3.63) is 65.9 Å². The Morgan fingerprint density at radius 1 is 0.955 bits per heavy atom. The average Bonchev–Trinajstić information content (AvgIpc) is 2.87. The van der Waals surface area contributed by atoms with Gasteiger partial charge in [0.25, 0.3) is 0 Å². The van der Waals surface area contributed by atoms with Crippen molar-refractivity contribution in [1.82, 2.24) is 4.57 Å². The van der Waals surface area contributed by atoms with Gasteiger partial charge in [0.05, 0.1) is 5.52 Å². The van der Waals surface area contributed by atoms with Crippen LogP contribution in [0.1, 0.15) is 31.9 Å². The summed E-state index contributed by atoms with van der Waals surface area (Å²) in [5.74, 6) is 0. The second-order valence-corrected chi connectivity index (χ2v) is 6.73. The van der Waals surface area contributed by atoms with Crippen molar-refractivity contribution in [3.8, 4) is 0 Å². The van der Waals surface area contributed by atoms with Crippen molar-refractivity contribution in [2.75, 3.05) is 5.73 Å². The molecule has 3 aromatic rings. The summed E-state index contributed by atoms with van der Waals surface area (Å²) in [5.41, 5.74) is 10.5. The summed E-state index contributed by atoms with van der Waals surface area (Å²) in [5, 5.41) is 1.16. The first-order valence-electron chi connectivity index (χ1n) is 7.58. The molecule has 1 heterocycles. The van der Waals surface area contributed by atoms with Crippen molar-refractivity contribution in [1.29, 1.82) is 0 Å². The van der Waals surface area contributed by atoms with Gasteiger partial charge in [0.15, 0.2) is 0 Å². The molecule has 0 unspecified atom stereocenters. The summed E-state index contributed by atoms with van der Waals surface area (Å²) in [4.78, 5) is 0. The fourth-order valence-electron chi connectivity index (χ4n) is 2.57. The van der Waals surface area contributed by atoms with E-state index in [1.54, 1.807) is 0 Å². The van der Waals surface area contributed by atoms with E-state index in [1.807, 2.05) is 12.1 Å². The molecule has 2 N–H and O–H groups in total. The largest absolute Gasteiger partial charge is 0.399 e. The molecule has 0 amide bonds. The number of nitrogen functional groups attached to an aromatic ring is 1. The number of fused-ring (bicyclic) bond motifs is 1. The molecule has 3 rings (SSSR count). The molecule has 0 atom stereocenters. The zero-order valence-electron chi connectivity index (χ0n) is 13.4. The monoisotopic (exact) mass is 290 g/mol. The molecule has 1 aromatic heterocycles. The highest BCUT2D eigenvalue weighted by molar-refractivity contribution is 5.85. The Hall–Kier alpha value is -2.48. The molecule has 0 bridgehead atoms. The topological polar surface area (TPSA) is 30.9 Å². The summed E-state index contributed by atoms with van der Waals surface area (Å²) in [6, 6.07) is 16.8. The highest BCUT2D eigenvalue weighted by Gasteiger charge is 2.12. The van der Waals surface area contributed by atoms with E-state index < -0.39 is 0 Å². The molecule has 22 heavy (non-hydrogen) atoms. The van der Waals surface area contributed by atoms with E-state index in [0.717, 1.165) is 16.6 Å². The molecule has 0 radical (unpaired) electrons. The quantitative estimate of drug-likeness (QED) is 0.650. The van der Waals surface area contributed by atoms with Crippen molar-refractivity contribution in [2.24, 2.45) is 0 Å². The van der Waals surface area contributed by atoms with E-state index in [2.05, 4.69) is 80.2 Å². The molecule has 0 aliphatic rings. The zero-order chi connectivity index (χ0) is 15.7. The first-order chi connectivity index (χ1) is 10.4. The summed E-state index contributed by atoms with van der Waals surface area (Å²) in [6.07, 6.45) is 6.27. The number of anilines is 1. The SMILES string of the molecule is CC(C)(C)c1ccc(/C=C\n2ccc3cc(N)ccc32)cc1. The van der Waals surface area contributed by atoms with Crippen LogP contribution in [0.2, 0.25) is 0 Å². The van der Waals surface area contributed by atoms with Crippen LogP contribution < -0.4 is 5.73 Å². The molecule has 112 valence electrons. The Morgan fingerprint density at radius 3 is 2.36 bits per heavy atom. The van der Waals surface area contributed by atoms with E-state index in [1.165, 1.54) is 11.1 Å². The number of hydrogen-bond donors (Lipinski definition) is 1. The van der Waals surface area contributed by atoms with Gasteiger partial charge in [-0.2, -0.15) is 0 Å². The lowest BCUT2D eigenvalue weighted by Crippen LogP contribution is -2.10. The first kappa shape index (κ1) is 14.5. The maximum absolute atomic E-state index is 5.82. The van der Waals surface area contributed by atoms with Crippen LogP contribution in [0.25, 0.3) is 23.2 Å². The standard InChI is InChI=1S/C20H22N2/c1-20(2,3)17-6-4-15(5-7-17)10-12-22-13-11-16-14-18(21)8-9-19(16)22/h4-14H,21H2,1-3H3/b12-10-. The predicted octanol–water partition coefficient (Wildman–Crippen LogP) is 5.15. The summed E-state index contributed by atoms with van der Waals surface area (Å²) >= 11 is 0. The van der Waals surface area contributed by atoms with Crippen LogP contribution in [-0.4, -0.2) is 4.57 Å². The Bertz CT molecular complexity index is 815. The predicted molar refractivity (Wildman–Crippen MR) is 96.7 cm³/mol. The number of rotatable bonds is 2. The lowest BCUT2D eigenvalue weighted by molar-refractivity contribution is 0.590. The van der Waals surface area contributed by atoms with Gasteiger partial charge in [-0.3, -0.25) is 0 Å². The lowest BCUT2D eigenvalue weighted by atomic mass is 9.87. The number of aromatic nitrogens is 1. The summed E-state index contributed by atoms with van der Waals surface area (Å²) < 4.78 is 2.12. The number of benzene rings is 2. The van der Waals surface area contributed by atoms with Gasteiger partial charge in [-0.25, -0.2) is 0 Å². The molecular weight excluding hydrogens is 268 g/mol. The van der Waals surface area contributed by atoms with Gasteiger partial charge in [-0.15, -0.1) is 0 Å². The van der Waals surface area contributed by atoms with Crippen LogP contribution in [0.4, 0.5) is 5.69 Å². The Balaban J connectivity index is 1.86. The van der Waals surface area contributed by atoms with Gasteiger partial charge in [-0.05, 0) is 46.9 Å². The van der Waals surface area contributed by atoms with Gasteiger partial charge < -0.3 is 10.3 Å². The van der Waals surface area contributed by atoms with E-state index in [4.69, 9.17) is 5.73 Å². The fraction of sp³-hybridized carbons (Fsp3) is 0.200. The molecule has 0 aliphatic carbocycles. The molecule has 2 nitrogen and oxygen atoms in total. The van der Waals surface area contributed by atoms with Crippen LogP contribution in [0.3, 0.4) is 0 Å². The number of nitrogens with zero attached hydrogens (tertiary/aromatic N) is 1. The highest BCUT2D eigenvalue weighted by atomic mass is 14.9. The minimum Gasteiger partial charge on any atom is -0.399 e. The summed E-state index contributed by atoms with van der Waals surface area (Å²) in [7, 11) is 0. The maximum Gasteiger partial charge on any atom is 0.0523 e. The van der Waals surface area contributed by atoms with Crippen LogP contribution in [0, 0.1) is 0 Å². The number of hydrogen-bond acceptors (Lipinski definition) is 1. The second-order valence-electron chi connectivity index (χ2n) is 6.73. The third-order valence-corrected chi connectivity index (χ3v) is 3.95. The van der Waals surface area contributed by atoms with Crippen LogP contribution in [0.15, 0.2) is 54.7 Å². The lowest BCUT2D eigenvalue weighted by Gasteiger charge is -2.18. The molecule has 0 saturated carbocycles. The normalized spacial score (nSPS) is 12.3. The third-order valence-electron chi connectivity index (χ3n) is 3.95. The van der Waals surface area contributed by atoms with Gasteiger partial charge in [0.1, 0.15) is 0 Å². The molecule has 0 spiro atoms. The van der Waals surface area contributed by atoms with Crippen molar-refractivity contribution in [3.63, 3.8) is 0 Å². The Labute approximate surface area is 131 Å². The van der Waals surface area contributed by atoms with Crippen LogP contribution in [0.5, 0.6) is 0 Å². The van der Waals surface area contributed by atoms with Gasteiger partial charge in [-0.1, -0.05) is 45.0 Å². The first-order valence-corrected chi connectivity index (χ1v) is 7.58. The van der Waals surface area contributed by atoms with E-state index in [0.29, 0.717) is 0 Å². The second kappa shape index (κ2) is 5.38. The summed E-state index contributed by atoms with van der Waals surface area (Å²) in [6.45, 7) is 6.69. The Morgan fingerprint density at radius 2 is 1.68 bits per heavy atom. The molecule has 0 aliphatic heterocycles. The molecule has 2 heteroatoms. The molecule has 2 aromatic carbocycles. The highest BCUT2D eigenvalue weighted by Crippen LogP contribution is 2.23. The fourth-order valence-corrected chi connectivity index (χ4v) is 2.57. The zero-order valence-corrected chi connectivity index (χ0v) is 13.4. The van der Waals surface area contributed by atoms with E-state index >= 15 is 0 Å². The van der Waals surface area contributed by atoms with Gasteiger partial charge >= 0.3 is 0 Å². The van der Waals surface area contributed by atoms with Crippen LogP contribution >= 0.6 is 0 Å². The maximum atomic E-state index is 5.82. The molecular formula is C20H22N2. The smallest absolute Gasteiger partial charge is 0.0523 e. The Kier molecular flexibility index (Phi) is 3.53. The molecule has 0 saturated heterocycles. The van der Waals surface area contributed by atoms with Crippen molar-refractivity contribution < 1.29 is 0 Å². The van der Waals surface area contributed by atoms with Gasteiger partial charge in [0, 0.05) is 23.5 Å². The minimum atomic E-state index is 0.193. The van der Waals surface area contributed by atoms with Gasteiger partial charge in [0.2, 0.25) is 0 Å². The van der Waals surface area contributed by atoms with Crippen molar-refractivity contribution in [2.45, 2.75) is 26.2 Å². The average molecular weight is 290 g/mol. The van der Waals surface area contributed by atoms with E-state index in [9.17, 15) is 0 Å². The minimum absolute atomic E-state index is 0.193. The van der Waals surface area contributed by atoms with Crippen LogP contribution in [-0.2, 0) is 5.41 Å². The third kappa shape index (κ3) is 2.91. The number of nitrogens with two attached hydrogens (primary N) is 1.